The molecule has 5 heteroatoms. The molecule has 2 N–H and O–H groups in total. The number of hydrogen-bond acceptors (Lipinski definition) is 2. The first-order chi connectivity index (χ1) is 10.1. The number of rotatable bonds is 4. The topological polar surface area (TPSA) is 69.6 Å². The molecule has 0 saturated heterocycles. The molecular formula is C16H28N2O3. The van der Waals surface area contributed by atoms with E-state index < -0.39 is 11.9 Å². The Kier molecular flexibility index (Phi) is 5.88. The summed E-state index contributed by atoms with van der Waals surface area (Å²) in [4.78, 5) is 25.9. The molecule has 0 spiro atoms. The lowest BCUT2D eigenvalue weighted by molar-refractivity contribution is -0.142. The molecule has 0 bridgehead atoms. The van der Waals surface area contributed by atoms with Crippen LogP contribution in [-0.4, -0.2) is 40.6 Å². The molecule has 2 aliphatic carbocycles. The minimum Gasteiger partial charge on any atom is -0.481 e. The van der Waals surface area contributed by atoms with E-state index in [0.717, 1.165) is 38.5 Å². The SMILES string of the molecule is CCN(C(=O)NC1CCCCCC1C(=O)O)C1CCCC1. The fourth-order valence-electron chi connectivity index (χ4n) is 3.80. The van der Waals surface area contributed by atoms with Gasteiger partial charge >= 0.3 is 12.0 Å². The molecule has 2 unspecified atom stereocenters. The summed E-state index contributed by atoms with van der Waals surface area (Å²) >= 11 is 0. The molecule has 2 aliphatic rings. The van der Waals surface area contributed by atoms with E-state index in [9.17, 15) is 14.7 Å². The van der Waals surface area contributed by atoms with Crippen molar-refractivity contribution in [2.75, 3.05) is 6.54 Å². The number of urea groups is 1. The first kappa shape index (κ1) is 16.1. The molecule has 0 aromatic heterocycles. The Bertz CT molecular complexity index is 367. The lowest BCUT2D eigenvalue weighted by Crippen LogP contribution is -2.51. The summed E-state index contributed by atoms with van der Waals surface area (Å²) in [5.74, 6) is -1.20. The molecule has 5 nitrogen and oxygen atoms in total. The zero-order chi connectivity index (χ0) is 15.2. The fraction of sp³-hybridized carbons (Fsp3) is 0.875. The van der Waals surface area contributed by atoms with E-state index >= 15 is 0 Å². The highest BCUT2D eigenvalue weighted by Gasteiger charge is 2.33. The average molecular weight is 296 g/mol. The van der Waals surface area contributed by atoms with E-state index in [-0.39, 0.29) is 12.1 Å². The van der Waals surface area contributed by atoms with Crippen LogP contribution in [-0.2, 0) is 4.79 Å². The number of amides is 2. The molecule has 120 valence electrons. The first-order valence-corrected chi connectivity index (χ1v) is 8.43. The quantitative estimate of drug-likeness (QED) is 0.784. The Morgan fingerprint density at radius 2 is 1.67 bits per heavy atom. The van der Waals surface area contributed by atoms with Gasteiger partial charge in [0.1, 0.15) is 0 Å². The standard InChI is InChI=1S/C16H28N2O3/c1-2-18(12-8-6-7-9-12)16(21)17-14-11-5-3-4-10-13(14)15(19)20/h12-14H,2-11H2,1H3,(H,17,21)(H,19,20). The summed E-state index contributed by atoms with van der Waals surface area (Å²) < 4.78 is 0. The second-order valence-electron chi connectivity index (χ2n) is 6.36. The summed E-state index contributed by atoms with van der Waals surface area (Å²) in [5.41, 5.74) is 0. The van der Waals surface area contributed by atoms with Gasteiger partial charge in [-0.15, -0.1) is 0 Å². The van der Waals surface area contributed by atoms with Gasteiger partial charge in [-0.1, -0.05) is 32.1 Å². The van der Waals surface area contributed by atoms with Gasteiger partial charge in [-0.05, 0) is 32.6 Å². The summed E-state index contributed by atoms with van der Waals surface area (Å²) in [6, 6.07) is 0.0551. The second kappa shape index (κ2) is 7.66. The Labute approximate surface area is 127 Å². The van der Waals surface area contributed by atoms with Crippen molar-refractivity contribution in [3.05, 3.63) is 0 Å². The fourth-order valence-corrected chi connectivity index (χ4v) is 3.80. The number of carbonyl (C=O) groups is 2. The van der Waals surface area contributed by atoms with Crippen LogP contribution < -0.4 is 5.32 Å². The highest BCUT2D eigenvalue weighted by Crippen LogP contribution is 2.26. The van der Waals surface area contributed by atoms with E-state index in [4.69, 9.17) is 0 Å². The molecule has 2 atom stereocenters. The maximum Gasteiger partial charge on any atom is 0.317 e. The van der Waals surface area contributed by atoms with Crippen LogP contribution in [0.3, 0.4) is 0 Å². The van der Waals surface area contributed by atoms with Crippen LogP contribution in [0.1, 0.15) is 64.7 Å². The van der Waals surface area contributed by atoms with Crippen molar-refractivity contribution in [1.82, 2.24) is 10.2 Å². The van der Waals surface area contributed by atoms with Crippen molar-refractivity contribution < 1.29 is 14.7 Å². The number of hydrogen-bond donors (Lipinski definition) is 2. The second-order valence-corrected chi connectivity index (χ2v) is 6.36. The van der Waals surface area contributed by atoms with Crippen LogP contribution in [0.2, 0.25) is 0 Å². The van der Waals surface area contributed by atoms with Crippen molar-refractivity contribution in [3.8, 4) is 0 Å². The maximum atomic E-state index is 12.5. The number of nitrogens with zero attached hydrogens (tertiary/aromatic N) is 1. The average Bonchev–Trinajstić information content (AvgIpc) is 2.86. The Balaban J connectivity index is 1.99. The van der Waals surface area contributed by atoms with Gasteiger partial charge in [-0.25, -0.2) is 4.79 Å². The largest absolute Gasteiger partial charge is 0.481 e. The monoisotopic (exact) mass is 296 g/mol. The zero-order valence-electron chi connectivity index (χ0n) is 13.0. The van der Waals surface area contributed by atoms with Crippen molar-refractivity contribution in [3.63, 3.8) is 0 Å². The molecule has 2 rings (SSSR count). The van der Waals surface area contributed by atoms with E-state index in [1.54, 1.807) is 0 Å². The van der Waals surface area contributed by atoms with Crippen LogP contribution in [0, 0.1) is 5.92 Å². The van der Waals surface area contributed by atoms with Gasteiger partial charge in [-0.3, -0.25) is 4.79 Å². The van der Waals surface area contributed by atoms with Gasteiger partial charge < -0.3 is 15.3 Å². The summed E-state index contributed by atoms with van der Waals surface area (Å²) in [7, 11) is 0. The summed E-state index contributed by atoms with van der Waals surface area (Å²) in [5, 5.41) is 12.4. The zero-order valence-corrected chi connectivity index (χ0v) is 13.0. The third-order valence-electron chi connectivity index (χ3n) is 5.01. The van der Waals surface area contributed by atoms with E-state index in [2.05, 4.69) is 5.32 Å². The highest BCUT2D eigenvalue weighted by molar-refractivity contribution is 5.77. The third-order valence-corrected chi connectivity index (χ3v) is 5.01. The number of carbonyl (C=O) groups excluding carboxylic acids is 1. The number of aliphatic carboxylic acids is 1. The van der Waals surface area contributed by atoms with Crippen molar-refractivity contribution in [1.29, 1.82) is 0 Å². The van der Waals surface area contributed by atoms with Gasteiger partial charge in [0.2, 0.25) is 0 Å². The van der Waals surface area contributed by atoms with Crippen LogP contribution in [0.25, 0.3) is 0 Å². The van der Waals surface area contributed by atoms with Gasteiger partial charge in [0.05, 0.1) is 5.92 Å². The van der Waals surface area contributed by atoms with Crippen LogP contribution in [0.5, 0.6) is 0 Å². The summed E-state index contributed by atoms with van der Waals surface area (Å²) in [6.45, 7) is 2.70. The molecule has 2 amide bonds. The van der Waals surface area contributed by atoms with E-state index in [1.807, 2.05) is 11.8 Å². The number of carboxylic acid groups (broad SMARTS) is 1. The minimum absolute atomic E-state index is 0.0671. The van der Waals surface area contributed by atoms with Crippen LogP contribution in [0.4, 0.5) is 4.79 Å². The Morgan fingerprint density at radius 1 is 1.05 bits per heavy atom. The smallest absolute Gasteiger partial charge is 0.317 e. The van der Waals surface area contributed by atoms with Gasteiger partial charge in [-0.2, -0.15) is 0 Å². The first-order valence-electron chi connectivity index (χ1n) is 8.43. The van der Waals surface area contributed by atoms with Crippen molar-refractivity contribution in [2.24, 2.45) is 5.92 Å². The molecule has 0 aromatic carbocycles. The van der Waals surface area contributed by atoms with Gasteiger partial charge in [0, 0.05) is 18.6 Å². The van der Waals surface area contributed by atoms with Crippen molar-refractivity contribution >= 4 is 12.0 Å². The predicted octanol–water partition coefficient (Wildman–Crippen LogP) is 2.99. The van der Waals surface area contributed by atoms with Gasteiger partial charge in [0.25, 0.3) is 0 Å². The third kappa shape index (κ3) is 4.11. The van der Waals surface area contributed by atoms with Gasteiger partial charge in [0.15, 0.2) is 0 Å². The highest BCUT2D eigenvalue weighted by atomic mass is 16.4. The molecule has 0 aromatic rings. The van der Waals surface area contributed by atoms with Crippen LogP contribution in [0.15, 0.2) is 0 Å². The number of nitrogens with one attached hydrogen (secondary N) is 1. The molecule has 0 aliphatic heterocycles. The molecule has 21 heavy (non-hydrogen) atoms. The molecular weight excluding hydrogens is 268 g/mol. The summed E-state index contributed by atoms with van der Waals surface area (Å²) in [6.07, 6.45) is 9.01. The lowest BCUT2D eigenvalue weighted by Gasteiger charge is -2.31. The Morgan fingerprint density at radius 3 is 2.29 bits per heavy atom. The van der Waals surface area contributed by atoms with E-state index in [0.29, 0.717) is 19.0 Å². The van der Waals surface area contributed by atoms with E-state index in [1.165, 1.54) is 12.8 Å². The Hall–Kier alpha value is -1.26. The molecule has 2 saturated carbocycles. The normalized spacial score (nSPS) is 27.1. The minimum atomic E-state index is -0.772. The van der Waals surface area contributed by atoms with Crippen LogP contribution >= 0.6 is 0 Å². The maximum absolute atomic E-state index is 12.5. The predicted molar refractivity (Wildman–Crippen MR) is 81.2 cm³/mol. The molecule has 2 fully saturated rings. The van der Waals surface area contributed by atoms with Crippen molar-refractivity contribution in [2.45, 2.75) is 76.8 Å². The molecule has 0 heterocycles. The number of carboxylic acids is 1. The lowest BCUT2D eigenvalue weighted by atomic mass is 9.95. The molecule has 0 radical (unpaired) electrons.